The fourth-order valence-corrected chi connectivity index (χ4v) is 5.97. The molecule has 3 aromatic carbocycles. The summed E-state index contributed by atoms with van der Waals surface area (Å²) in [5.74, 6) is -0.766. The number of aryl methyl sites for hydroxylation is 1. The summed E-state index contributed by atoms with van der Waals surface area (Å²) >= 11 is 0. The first-order valence-electron chi connectivity index (χ1n) is 16.8. The van der Waals surface area contributed by atoms with Crippen molar-refractivity contribution in [2.45, 2.75) is 64.4 Å². The van der Waals surface area contributed by atoms with Crippen LogP contribution in [0.25, 0.3) is 22.3 Å². The monoisotopic (exact) mass is 668 g/mol. The van der Waals surface area contributed by atoms with Crippen LogP contribution in [0.5, 0.6) is 5.75 Å². The van der Waals surface area contributed by atoms with Crippen LogP contribution in [0.1, 0.15) is 63.0 Å². The van der Waals surface area contributed by atoms with Crippen LogP contribution in [0.2, 0.25) is 0 Å². The average Bonchev–Trinajstić information content (AvgIpc) is 3.11. The Morgan fingerprint density at radius 1 is 0.816 bits per heavy atom. The van der Waals surface area contributed by atoms with E-state index in [9.17, 15) is 14.4 Å². The molecular weight excluding hydrogens is 620 g/mol. The van der Waals surface area contributed by atoms with Gasteiger partial charge in [0.1, 0.15) is 11.9 Å². The highest BCUT2D eigenvalue weighted by molar-refractivity contribution is 5.88. The molecular formula is C41H48O8. The lowest BCUT2D eigenvalue weighted by Crippen LogP contribution is -2.24. The van der Waals surface area contributed by atoms with E-state index in [2.05, 4.69) is 61.7 Å². The Morgan fingerprint density at radius 2 is 1.45 bits per heavy atom. The highest BCUT2D eigenvalue weighted by Gasteiger charge is 2.27. The van der Waals surface area contributed by atoms with Gasteiger partial charge in [-0.3, -0.25) is 4.79 Å². The molecule has 49 heavy (non-hydrogen) atoms. The summed E-state index contributed by atoms with van der Waals surface area (Å²) in [6.45, 7) is 11.6. The third-order valence-corrected chi connectivity index (χ3v) is 8.73. The van der Waals surface area contributed by atoms with Gasteiger partial charge in [0, 0.05) is 19.8 Å². The van der Waals surface area contributed by atoms with Gasteiger partial charge in [0.25, 0.3) is 0 Å². The number of carbonyl (C=O) groups is 3. The number of ether oxygens (including phenoxy) is 5. The van der Waals surface area contributed by atoms with E-state index >= 15 is 0 Å². The van der Waals surface area contributed by atoms with Crippen LogP contribution >= 0.6 is 0 Å². The van der Waals surface area contributed by atoms with Crippen molar-refractivity contribution in [2.24, 2.45) is 5.92 Å². The number of carbonyl (C=O) groups excluding carboxylic acids is 3. The smallest absolute Gasteiger partial charge is 0.335 e. The minimum absolute atomic E-state index is 0.130. The first-order chi connectivity index (χ1) is 23.6. The molecule has 1 unspecified atom stereocenters. The SMILES string of the molecule is C=C(C)C(=O)OC1CCC(c2cc(OC(=O)C(C)COC)ccc2-c2ccc(-c3ccc(CCCOC(=O)C(=C)COC)cc3)cc2)CC1. The second kappa shape index (κ2) is 18.3. The van der Waals surface area contributed by atoms with Crippen molar-refractivity contribution in [1.29, 1.82) is 0 Å². The molecule has 0 radical (unpaired) electrons. The van der Waals surface area contributed by atoms with Crippen LogP contribution in [0.15, 0.2) is 91.0 Å². The van der Waals surface area contributed by atoms with Gasteiger partial charge in [-0.25, -0.2) is 9.59 Å². The second-order valence-electron chi connectivity index (χ2n) is 12.7. The second-order valence-corrected chi connectivity index (χ2v) is 12.7. The summed E-state index contributed by atoms with van der Waals surface area (Å²) in [5, 5.41) is 0. The van der Waals surface area contributed by atoms with Crippen LogP contribution in [0.3, 0.4) is 0 Å². The third kappa shape index (κ3) is 10.7. The number of hydrogen-bond acceptors (Lipinski definition) is 8. The largest absolute Gasteiger partial charge is 0.462 e. The Hall–Kier alpha value is -4.53. The Morgan fingerprint density at radius 3 is 2.06 bits per heavy atom. The molecule has 1 aliphatic carbocycles. The predicted octanol–water partition coefficient (Wildman–Crippen LogP) is 8.03. The molecule has 1 saturated carbocycles. The van der Waals surface area contributed by atoms with Crippen molar-refractivity contribution in [3.63, 3.8) is 0 Å². The van der Waals surface area contributed by atoms with E-state index < -0.39 is 5.97 Å². The van der Waals surface area contributed by atoms with E-state index in [0.29, 0.717) is 29.9 Å². The summed E-state index contributed by atoms with van der Waals surface area (Å²) < 4.78 is 26.7. The highest BCUT2D eigenvalue weighted by atomic mass is 16.5. The van der Waals surface area contributed by atoms with Gasteiger partial charge >= 0.3 is 17.9 Å². The Labute approximate surface area is 290 Å². The summed E-state index contributed by atoms with van der Waals surface area (Å²) in [4.78, 5) is 36.7. The van der Waals surface area contributed by atoms with E-state index in [1.54, 1.807) is 21.0 Å². The lowest BCUT2D eigenvalue weighted by molar-refractivity contribution is -0.146. The van der Waals surface area contributed by atoms with Crippen LogP contribution < -0.4 is 4.74 Å². The third-order valence-electron chi connectivity index (χ3n) is 8.73. The van der Waals surface area contributed by atoms with Crippen molar-refractivity contribution in [1.82, 2.24) is 0 Å². The van der Waals surface area contributed by atoms with Crippen LogP contribution in [0, 0.1) is 5.92 Å². The van der Waals surface area contributed by atoms with Crippen molar-refractivity contribution in [3.05, 3.63) is 102 Å². The van der Waals surface area contributed by atoms with E-state index in [1.165, 1.54) is 12.7 Å². The zero-order valence-electron chi connectivity index (χ0n) is 29.1. The number of hydrogen-bond donors (Lipinski definition) is 0. The Bertz CT molecular complexity index is 1600. The predicted molar refractivity (Wildman–Crippen MR) is 190 cm³/mol. The lowest BCUT2D eigenvalue weighted by atomic mass is 9.79. The fourth-order valence-electron chi connectivity index (χ4n) is 5.97. The van der Waals surface area contributed by atoms with E-state index in [0.717, 1.165) is 59.9 Å². The molecule has 0 heterocycles. The van der Waals surface area contributed by atoms with Gasteiger partial charge in [0.15, 0.2) is 0 Å². The molecule has 4 rings (SSSR count). The Kier molecular flexibility index (Phi) is 13.9. The van der Waals surface area contributed by atoms with Gasteiger partial charge in [-0.2, -0.15) is 0 Å². The van der Waals surface area contributed by atoms with Crippen molar-refractivity contribution < 1.29 is 38.1 Å². The molecule has 0 aliphatic heterocycles. The quantitative estimate of drug-likeness (QED) is 0.0655. The van der Waals surface area contributed by atoms with Gasteiger partial charge in [-0.05, 0) is 104 Å². The molecule has 0 bridgehead atoms. The molecule has 0 N–H and O–H groups in total. The van der Waals surface area contributed by atoms with Crippen LogP contribution in [-0.4, -0.2) is 58.1 Å². The van der Waals surface area contributed by atoms with Crippen LogP contribution in [0.4, 0.5) is 0 Å². The van der Waals surface area contributed by atoms with Crippen molar-refractivity contribution >= 4 is 17.9 Å². The minimum Gasteiger partial charge on any atom is -0.462 e. The average molecular weight is 669 g/mol. The number of methoxy groups -OCH3 is 2. The molecule has 3 aromatic rings. The summed E-state index contributed by atoms with van der Waals surface area (Å²) in [7, 11) is 3.08. The van der Waals surface area contributed by atoms with Crippen molar-refractivity contribution in [2.75, 3.05) is 34.0 Å². The molecule has 8 heteroatoms. The van der Waals surface area contributed by atoms with Crippen molar-refractivity contribution in [3.8, 4) is 28.0 Å². The first kappa shape index (κ1) is 37.3. The number of esters is 3. The number of rotatable bonds is 16. The maximum atomic E-state index is 12.7. The highest BCUT2D eigenvalue weighted by Crippen LogP contribution is 2.41. The molecule has 1 aliphatic rings. The maximum Gasteiger partial charge on any atom is 0.335 e. The zero-order chi connectivity index (χ0) is 35.3. The van der Waals surface area contributed by atoms with Gasteiger partial charge in [0.05, 0.1) is 31.3 Å². The first-order valence-corrected chi connectivity index (χ1v) is 16.8. The van der Waals surface area contributed by atoms with E-state index in [1.807, 2.05) is 18.2 Å². The van der Waals surface area contributed by atoms with Gasteiger partial charge in [-0.15, -0.1) is 0 Å². The summed E-state index contributed by atoms with van der Waals surface area (Å²) in [5.41, 5.74) is 7.35. The van der Waals surface area contributed by atoms with Gasteiger partial charge in [-0.1, -0.05) is 67.8 Å². The lowest BCUT2D eigenvalue weighted by Gasteiger charge is -2.30. The topological polar surface area (TPSA) is 97.4 Å². The molecule has 8 nitrogen and oxygen atoms in total. The minimum atomic E-state index is -0.422. The fraction of sp³-hybridized carbons (Fsp3) is 0.390. The molecule has 1 atom stereocenters. The van der Waals surface area contributed by atoms with E-state index in [-0.39, 0.29) is 43.1 Å². The molecule has 1 fully saturated rings. The molecule has 260 valence electrons. The summed E-state index contributed by atoms with van der Waals surface area (Å²) in [6.07, 6.45) is 4.57. The standard InChI is InChI=1S/C41H48O8/c1-27(2)39(42)48-35-19-17-34(18-20-35)38-24-36(49-41(44)29(4)26-46-6)21-22-37(38)33-15-13-32(14-16-33)31-11-9-30(10-12-31)8-7-23-47-40(43)28(3)25-45-5/h9-16,21-22,24,29,34-35H,1,3,7-8,17-20,23,25-26H2,2,4-6H3. The molecule has 0 aromatic heterocycles. The number of benzene rings is 3. The normalized spacial score (nSPS) is 16.3. The molecule has 0 amide bonds. The maximum absolute atomic E-state index is 12.7. The zero-order valence-corrected chi connectivity index (χ0v) is 29.1. The molecule has 0 spiro atoms. The molecule has 0 saturated heterocycles. The van der Waals surface area contributed by atoms with Gasteiger partial charge in [0.2, 0.25) is 0 Å². The Balaban J connectivity index is 1.46. The van der Waals surface area contributed by atoms with Gasteiger partial charge < -0.3 is 23.7 Å². The van der Waals surface area contributed by atoms with Crippen LogP contribution in [-0.2, 0) is 39.8 Å². The summed E-state index contributed by atoms with van der Waals surface area (Å²) in [6, 6.07) is 22.8. The van der Waals surface area contributed by atoms with E-state index in [4.69, 9.17) is 23.7 Å².